The third-order valence-electron chi connectivity index (χ3n) is 7.23. The molecule has 9 N–H and O–H groups in total. The van der Waals surface area contributed by atoms with Crippen molar-refractivity contribution < 1.29 is 69.3 Å². The van der Waals surface area contributed by atoms with Gasteiger partial charge in [-0.2, -0.15) is 0 Å². The van der Waals surface area contributed by atoms with Crippen molar-refractivity contribution >= 4 is 11.0 Å². The first kappa shape index (κ1) is 30.0. The smallest absolute Gasteiger partial charge is 0.229 e. The normalized spacial score (nSPS) is 33.5. The summed E-state index contributed by atoms with van der Waals surface area (Å²) >= 11 is 0. The highest BCUT2D eigenvalue weighted by molar-refractivity contribution is 5.89. The number of aliphatic hydroxyl groups excluding tert-OH is 6. The number of benzene rings is 2. The summed E-state index contributed by atoms with van der Waals surface area (Å²) in [7, 11) is 0. The molecular weight excluding hydrogens is 564 g/mol. The maximum absolute atomic E-state index is 12.8. The molecule has 2 saturated heterocycles. The van der Waals surface area contributed by atoms with Crippen molar-refractivity contribution in [2.45, 2.75) is 68.3 Å². The standard InChI is InChI=1S/C27H30O15/c1-9-18(30)22(34)24(36)26(39-9)38-8-16-20(32)23(35)25(37)27(42-16)41-15-7-14-17(21(33)19(15)31)12(29)6-13(40-14)10-2-4-11(28)5-3-10/h2-7,9,16,18,20,22-28,30-37H,8H2,1H3/t9-,16+,18+,20+,22-,23-,24-,25-,26+,27+/m1/s1. The molecular formula is C27H30O15. The molecule has 1 aromatic heterocycles. The Morgan fingerprint density at radius 3 is 2.10 bits per heavy atom. The predicted molar refractivity (Wildman–Crippen MR) is 139 cm³/mol. The van der Waals surface area contributed by atoms with Crippen LogP contribution in [0.5, 0.6) is 23.0 Å². The van der Waals surface area contributed by atoms with E-state index in [1.165, 1.54) is 31.2 Å². The second-order valence-corrected chi connectivity index (χ2v) is 10.1. The number of phenols is 3. The van der Waals surface area contributed by atoms with Crippen LogP contribution in [0.4, 0.5) is 0 Å². The highest BCUT2D eigenvalue weighted by atomic mass is 16.7. The van der Waals surface area contributed by atoms with Crippen LogP contribution < -0.4 is 10.2 Å². The van der Waals surface area contributed by atoms with E-state index in [1.807, 2.05) is 0 Å². The summed E-state index contributed by atoms with van der Waals surface area (Å²) < 4.78 is 27.6. The zero-order valence-electron chi connectivity index (χ0n) is 21.9. The topological polar surface area (TPSA) is 249 Å². The highest BCUT2D eigenvalue weighted by Gasteiger charge is 2.47. The van der Waals surface area contributed by atoms with Crippen molar-refractivity contribution in [3.05, 3.63) is 46.6 Å². The van der Waals surface area contributed by atoms with Gasteiger partial charge in [-0.1, -0.05) is 0 Å². The van der Waals surface area contributed by atoms with E-state index in [1.54, 1.807) is 0 Å². The minimum Gasteiger partial charge on any atom is -0.508 e. The Morgan fingerprint density at radius 2 is 1.40 bits per heavy atom. The lowest BCUT2D eigenvalue weighted by atomic mass is 9.98. The molecule has 0 radical (unpaired) electrons. The Labute approximate surface area is 236 Å². The van der Waals surface area contributed by atoms with Crippen LogP contribution in [-0.4, -0.2) is 114 Å². The number of ether oxygens (including phenoxy) is 4. The fourth-order valence-corrected chi connectivity index (χ4v) is 4.74. The molecule has 15 nitrogen and oxygen atoms in total. The predicted octanol–water partition coefficient (Wildman–Crippen LogP) is -1.39. The first-order valence-electron chi connectivity index (χ1n) is 12.9. The molecule has 42 heavy (non-hydrogen) atoms. The number of hydrogen-bond acceptors (Lipinski definition) is 15. The van der Waals surface area contributed by atoms with Crippen LogP contribution >= 0.6 is 0 Å². The summed E-state index contributed by atoms with van der Waals surface area (Å²) in [5, 5.41) is 91.6. The third-order valence-corrected chi connectivity index (χ3v) is 7.23. The minimum absolute atomic E-state index is 0.0180. The second kappa shape index (κ2) is 11.6. The van der Waals surface area contributed by atoms with E-state index in [-0.39, 0.29) is 22.5 Å². The Balaban J connectivity index is 1.38. The third kappa shape index (κ3) is 5.49. The minimum atomic E-state index is -1.88. The summed E-state index contributed by atoms with van der Waals surface area (Å²) in [6, 6.07) is 7.85. The van der Waals surface area contributed by atoms with E-state index in [2.05, 4.69) is 0 Å². The van der Waals surface area contributed by atoms with E-state index >= 15 is 0 Å². The summed E-state index contributed by atoms with van der Waals surface area (Å²) in [6.45, 7) is 0.884. The average Bonchev–Trinajstić information content (AvgIpc) is 2.96. The van der Waals surface area contributed by atoms with Crippen molar-refractivity contribution in [2.24, 2.45) is 0 Å². The summed E-state index contributed by atoms with van der Waals surface area (Å²) in [5.41, 5.74) is -0.515. The lowest BCUT2D eigenvalue weighted by Gasteiger charge is -2.42. The Bertz CT molecular complexity index is 1470. The summed E-state index contributed by atoms with van der Waals surface area (Å²) in [5.74, 6) is -2.27. The Hall–Kier alpha value is -3.51. The highest BCUT2D eigenvalue weighted by Crippen LogP contribution is 2.42. The quantitative estimate of drug-likeness (QED) is 0.149. The van der Waals surface area contributed by atoms with Crippen LogP contribution in [0.1, 0.15) is 6.92 Å². The molecule has 2 fully saturated rings. The molecule has 10 atom stereocenters. The maximum Gasteiger partial charge on any atom is 0.229 e. The molecule has 0 unspecified atom stereocenters. The van der Waals surface area contributed by atoms with E-state index in [0.717, 1.165) is 12.1 Å². The molecule has 15 heteroatoms. The number of hydrogen-bond donors (Lipinski definition) is 9. The van der Waals surface area contributed by atoms with Crippen molar-refractivity contribution in [1.29, 1.82) is 0 Å². The van der Waals surface area contributed by atoms with E-state index in [4.69, 9.17) is 23.4 Å². The fraction of sp³-hybridized carbons (Fsp3) is 0.444. The van der Waals surface area contributed by atoms with Crippen molar-refractivity contribution in [1.82, 2.24) is 0 Å². The van der Waals surface area contributed by atoms with E-state index in [9.17, 15) is 50.8 Å². The lowest BCUT2D eigenvalue weighted by Crippen LogP contribution is -2.61. The molecule has 0 saturated carbocycles. The molecule has 0 aliphatic carbocycles. The van der Waals surface area contributed by atoms with Gasteiger partial charge in [0.15, 0.2) is 23.2 Å². The molecule has 3 aromatic rings. The van der Waals surface area contributed by atoms with Crippen LogP contribution in [-0.2, 0) is 14.2 Å². The van der Waals surface area contributed by atoms with Gasteiger partial charge >= 0.3 is 0 Å². The maximum atomic E-state index is 12.8. The molecule has 3 heterocycles. The molecule has 0 amide bonds. The number of fused-ring (bicyclic) bond motifs is 1. The first-order valence-corrected chi connectivity index (χ1v) is 12.9. The number of phenolic OH excluding ortho intramolecular Hbond substituents is 3. The zero-order valence-corrected chi connectivity index (χ0v) is 21.9. The fourth-order valence-electron chi connectivity index (χ4n) is 4.74. The number of rotatable bonds is 6. The van der Waals surface area contributed by atoms with Gasteiger partial charge in [-0.25, -0.2) is 0 Å². The van der Waals surface area contributed by atoms with Crippen molar-refractivity contribution in [3.63, 3.8) is 0 Å². The molecule has 2 aromatic carbocycles. The molecule has 0 bridgehead atoms. The Morgan fingerprint density at radius 1 is 0.762 bits per heavy atom. The van der Waals surface area contributed by atoms with Crippen molar-refractivity contribution in [2.75, 3.05) is 6.61 Å². The monoisotopic (exact) mass is 594 g/mol. The van der Waals surface area contributed by atoms with Crippen molar-refractivity contribution in [3.8, 4) is 34.3 Å². The van der Waals surface area contributed by atoms with Gasteiger partial charge in [-0.3, -0.25) is 4.79 Å². The van der Waals surface area contributed by atoms with Crippen LogP contribution in [0.2, 0.25) is 0 Å². The average molecular weight is 595 g/mol. The molecule has 2 aliphatic rings. The van der Waals surface area contributed by atoms with Gasteiger partial charge in [0.25, 0.3) is 0 Å². The molecule has 228 valence electrons. The Kier molecular flexibility index (Phi) is 8.30. The van der Waals surface area contributed by atoms with Crippen LogP contribution in [0.3, 0.4) is 0 Å². The van der Waals surface area contributed by atoms with Gasteiger partial charge in [0, 0.05) is 17.7 Å². The number of aromatic hydroxyl groups is 3. The molecule has 2 aliphatic heterocycles. The van der Waals surface area contributed by atoms with E-state index < -0.39 is 90.7 Å². The van der Waals surface area contributed by atoms with Crippen LogP contribution in [0.25, 0.3) is 22.3 Å². The summed E-state index contributed by atoms with van der Waals surface area (Å²) in [6.07, 6.45) is -15.6. The van der Waals surface area contributed by atoms with Crippen LogP contribution in [0.15, 0.2) is 45.6 Å². The first-order chi connectivity index (χ1) is 19.9. The van der Waals surface area contributed by atoms with Gasteiger partial charge in [0.1, 0.15) is 65.2 Å². The van der Waals surface area contributed by atoms with Gasteiger partial charge < -0.3 is 69.3 Å². The van der Waals surface area contributed by atoms with Gasteiger partial charge in [-0.15, -0.1) is 0 Å². The molecule has 5 rings (SSSR count). The van der Waals surface area contributed by atoms with Crippen LogP contribution in [0, 0.1) is 0 Å². The van der Waals surface area contributed by atoms with Gasteiger partial charge in [0.2, 0.25) is 12.0 Å². The van der Waals surface area contributed by atoms with E-state index in [0.29, 0.717) is 5.56 Å². The second-order valence-electron chi connectivity index (χ2n) is 10.1. The zero-order chi connectivity index (χ0) is 30.5. The number of aliphatic hydroxyl groups is 6. The SMILES string of the molecule is C[C@H]1O[C@H](OC[C@@H]2O[C@H](Oc3cc4oc(-c5ccc(O)cc5)cc(=O)c4c(O)c3O)[C@H](O)[C@H](O)[C@H]2O)[C@H](O)[C@H](O)[C@H]1O. The summed E-state index contributed by atoms with van der Waals surface area (Å²) in [4.78, 5) is 12.8. The largest absolute Gasteiger partial charge is 0.508 e. The van der Waals surface area contributed by atoms with Gasteiger partial charge in [-0.05, 0) is 31.2 Å². The molecule has 0 spiro atoms. The van der Waals surface area contributed by atoms with Gasteiger partial charge in [0.05, 0.1) is 12.7 Å². The lowest BCUT2D eigenvalue weighted by molar-refractivity contribution is -0.318.